The van der Waals surface area contributed by atoms with E-state index >= 15 is 0 Å². The van der Waals surface area contributed by atoms with Crippen LogP contribution in [-0.4, -0.2) is 27.8 Å². The molecule has 1 aliphatic rings. The van der Waals surface area contributed by atoms with Gasteiger partial charge in [0.1, 0.15) is 6.10 Å². The molecule has 0 amide bonds. The quantitative estimate of drug-likeness (QED) is 0.753. The molecule has 0 aliphatic carbocycles. The lowest BCUT2D eigenvalue weighted by Crippen LogP contribution is -2.26. The molecule has 2 heterocycles. The first-order valence-corrected chi connectivity index (χ1v) is 6.25. The zero-order valence-corrected chi connectivity index (χ0v) is 9.98. The predicted octanol–water partition coefficient (Wildman–Crippen LogP) is 1.46. The van der Waals surface area contributed by atoms with Crippen LogP contribution < -0.4 is 5.69 Å². The Hall–Kier alpha value is -1.59. The third-order valence-corrected chi connectivity index (χ3v) is 3.45. The highest BCUT2D eigenvalue weighted by atomic mass is 16.5. The number of hydrogen-bond acceptors (Lipinski definition) is 3. The predicted molar refractivity (Wildman–Crippen MR) is 67.5 cm³/mol. The van der Waals surface area contributed by atoms with Gasteiger partial charge in [-0.2, -0.15) is 0 Å². The Labute approximate surface area is 104 Å². The lowest BCUT2D eigenvalue weighted by atomic mass is 9.98. The SMILES string of the molecule is O=c1[nH]c2ccc(C(O)C3CCCCO3)cc2[nH]1. The molecular formula is C13H16N2O3. The average Bonchev–Trinajstić information content (AvgIpc) is 2.78. The monoisotopic (exact) mass is 248 g/mol. The lowest BCUT2D eigenvalue weighted by molar-refractivity contribution is -0.0632. The van der Waals surface area contributed by atoms with E-state index in [0.29, 0.717) is 12.1 Å². The summed E-state index contributed by atoms with van der Waals surface area (Å²) >= 11 is 0. The van der Waals surface area contributed by atoms with Crippen LogP contribution in [0.2, 0.25) is 0 Å². The van der Waals surface area contributed by atoms with E-state index in [1.807, 2.05) is 6.07 Å². The maximum absolute atomic E-state index is 11.2. The van der Waals surface area contributed by atoms with Crippen molar-refractivity contribution in [2.45, 2.75) is 31.5 Å². The molecular weight excluding hydrogens is 232 g/mol. The fourth-order valence-corrected chi connectivity index (χ4v) is 2.46. The minimum absolute atomic E-state index is 0.137. The second-order valence-electron chi connectivity index (χ2n) is 4.73. The average molecular weight is 248 g/mol. The summed E-state index contributed by atoms with van der Waals surface area (Å²) in [4.78, 5) is 16.5. The Bertz CT molecular complexity index is 596. The maximum Gasteiger partial charge on any atom is 0.323 e. The molecule has 96 valence electrons. The maximum atomic E-state index is 11.2. The molecule has 0 spiro atoms. The smallest absolute Gasteiger partial charge is 0.323 e. The number of hydrogen-bond donors (Lipinski definition) is 3. The number of aromatic amines is 2. The van der Waals surface area contributed by atoms with Gasteiger partial charge >= 0.3 is 5.69 Å². The van der Waals surface area contributed by atoms with Crippen molar-refractivity contribution in [3.63, 3.8) is 0 Å². The number of aliphatic hydroxyl groups is 1. The number of aromatic nitrogens is 2. The molecule has 3 N–H and O–H groups in total. The number of H-pyrrole nitrogens is 2. The van der Waals surface area contributed by atoms with Gasteiger partial charge in [-0.25, -0.2) is 4.79 Å². The zero-order valence-electron chi connectivity index (χ0n) is 9.98. The van der Waals surface area contributed by atoms with Crippen molar-refractivity contribution in [3.05, 3.63) is 34.2 Å². The lowest BCUT2D eigenvalue weighted by Gasteiger charge is -2.27. The molecule has 18 heavy (non-hydrogen) atoms. The molecule has 1 aromatic heterocycles. The third kappa shape index (κ3) is 2.07. The van der Waals surface area contributed by atoms with Crippen molar-refractivity contribution in [2.24, 2.45) is 0 Å². The molecule has 2 atom stereocenters. The molecule has 0 bridgehead atoms. The Morgan fingerprint density at radius 2 is 2.11 bits per heavy atom. The summed E-state index contributed by atoms with van der Waals surface area (Å²) < 4.78 is 5.58. The molecule has 1 aliphatic heterocycles. The molecule has 5 nitrogen and oxygen atoms in total. The molecule has 0 radical (unpaired) electrons. The van der Waals surface area contributed by atoms with Crippen molar-refractivity contribution in [3.8, 4) is 0 Å². The highest BCUT2D eigenvalue weighted by Crippen LogP contribution is 2.27. The molecule has 3 rings (SSSR count). The van der Waals surface area contributed by atoms with Crippen molar-refractivity contribution in [1.29, 1.82) is 0 Å². The normalized spacial score (nSPS) is 22.2. The molecule has 1 fully saturated rings. The van der Waals surface area contributed by atoms with Crippen LogP contribution in [-0.2, 0) is 4.74 Å². The van der Waals surface area contributed by atoms with E-state index in [9.17, 15) is 9.90 Å². The van der Waals surface area contributed by atoms with E-state index in [1.54, 1.807) is 12.1 Å². The standard InChI is InChI=1S/C13H16N2O3/c16-12(11-3-1-2-6-18-11)8-4-5-9-10(7-8)15-13(17)14-9/h4-5,7,11-12,16H,1-3,6H2,(H2,14,15,17). The molecule has 5 heteroatoms. The van der Waals surface area contributed by atoms with Crippen LogP contribution in [0.15, 0.2) is 23.0 Å². The first-order chi connectivity index (χ1) is 8.74. The Kier molecular flexibility index (Phi) is 2.93. The van der Waals surface area contributed by atoms with Gasteiger partial charge in [0.05, 0.1) is 17.1 Å². The van der Waals surface area contributed by atoms with Crippen LogP contribution in [0.4, 0.5) is 0 Å². The summed E-state index contributed by atoms with van der Waals surface area (Å²) in [7, 11) is 0. The van der Waals surface area contributed by atoms with Crippen LogP contribution in [0.3, 0.4) is 0 Å². The number of ether oxygens (including phenoxy) is 1. The van der Waals surface area contributed by atoms with Crippen molar-refractivity contribution in [1.82, 2.24) is 9.97 Å². The van der Waals surface area contributed by atoms with Gasteiger partial charge in [-0.05, 0) is 37.0 Å². The minimum atomic E-state index is -0.631. The Morgan fingerprint density at radius 3 is 2.89 bits per heavy atom. The Balaban J connectivity index is 1.90. The van der Waals surface area contributed by atoms with Crippen molar-refractivity contribution < 1.29 is 9.84 Å². The fourth-order valence-electron chi connectivity index (χ4n) is 2.46. The molecule has 1 aromatic carbocycles. The van der Waals surface area contributed by atoms with Gasteiger partial charge in [-0.3, -0.25) is 0 Å². The van der Waals surface area contributed by atoms with Crippen molar-refractivity contribution >= 4 is 11.0 Å². The van der Waals surface area contributed by atoms with Crippen LogP contribution in [0.1, 0.15) is 30.9 Å². The van der Waals surface area contributed by atoms with Gasteiger partial charge in [0.15, 0.2) is 0 Å². The van der Waals surface area contributed by atoms with Gasteiger partial charge in [-0.1, -0.05) is 6.07 Å². The highest BCUT2D eigenvalue weighted by Gasteiger charge is 2.24. The Morgan fingerprint density at radius 1 is 1.28 bits per heavy atom. The van der Waals surface area contributed by atoms with Gasteiger partial charge in [0.25, 0.3) is 0 Å². The van der Waals surface area contributed by atoms with Crippen molar-refractivity contribution in [2.75, 3.05) is 6.61 Å². The molecule has 2 unspecified atom stereocenters. The van der Waals surface area contributed by atoms with Crippen LogP contribution in [0.25, 0.3) is 11.0 Å². The molecule has 1 saturated heterocycles. The highest BCUT2D eigenvalue weighted by molar-refractivity contribution is 5.75. The van der Waals surface area contributed by atoms with E-state index in [4.69, 9.17) is 4.74 Å². The number of aliphatic hydroxyl groups excluding tert-OH is 1. The summed E-state index contributed by atoms with van der Waals surface area (Å²) in [6.07, 6.45) is 2.26. The third-order valence-electron chi connectivity index (χ3n) is 3.45. The first-order valence-electron chi connectivity index (χ1n) is 6.25. The summed E-state index contributed by atoms with van der Waals surface area (Å²) in [6, 6.07) is 5.43. The van der Waals surface area contributed by atoms with Gasteiger partial charge in [0, 0.05) is 6.61 Å². The summed E-state index contributed by atoms with van der Waals surface area (Å²) in [5.74, 6) is 0. The number of imidazole rings is 1. The van der Waals surface area contributed by atoms with Gasteiger partial charge in [-0.15, -0.1) is 0 Å². The van der Waals surface area contributed by atoms with E-state index in [2.05, 4.69) is 9.97 Å². The molecule has 0 saturated carbocycles. The van der Waals surface area contributed by atoms with Crippen LogP contribution in [0.5, 0.6) is 0 Å². The first kappa shape index (κ1) is 11.5. The van der Waals surface area contributed by atoms with Crippen LogP contribution in [0, 0.1) is 0 Å². The van der Waals surface area contributed by atoms with Gasteiger partial charge < -0.3 is 19.8 Å². The minimum Gasteiger partial charge on any atom is -0.386 e. The largest absolute Gasteiger partial charge is 0.386 e. The zero-order chi connectivity index (χ0) is 12.5. The van der Waals surface area contributed by atoms with E-state index in [0.717, 1.165) is 30.3 Å². The second kappa shape index (κ2) is 4.59. The van der Waals surface area contributed by atoms with E-state index in [1.165, 1.54) is 0 Å². The number of fused-ring (bicyclic) bond motifs is 1. The van der Waals surface area contributed by atoms with Gasteiger partial charge in [0.2, 0.25) is 0 Å². The molecule has 2 aromatic rings. The van der Waals surface area contributed by atoms with E-state index < -0.39 is 6.10 Å². The number of benzene rings is 1. The number of nitrogens with one attached hydrogen (secondary N) is 2. The van der Waals surface area contributed by atoms with E-state index in [-0.39, 0.29) is 11.8 Å². The summed E-state index contributed by atoms with van der Waals surface area (Å²) in [6.45, 7) is 0.713. The summed E-state index contributed by atoms with van der Waals surface area (Å²) in [5, 5.41) is 10.3. The summed E-state index contributed by atoms with van der Waals surface area (Å²) in [5.41, 5.74) is 2.02. The van der Waals surface area contributed by atoms with Crippen LogP contribution >= 0.6 is 0 Å². The number of rotatable bonds is 2. The fraction of sp³-hybridized carbons (Fsp3) is 0.462. The second-order valence-corrected chi connectivity index (χ2v) is 4.73. The topological polar surface area (TPSA) is 78.1 Å².